The number of methoxy groups -OCH3 is 1. The van der Waals surface area contributed by atoms with Crippen molar-refractivity contribution in [1.82, 2.24) is 0 Å². The molecule has 2 aromatic carbocycles. The van der Waals surface area contributed by atoms with Crippen molar-refractivity contribution >= 4 is 27.3 Å². The van der Waals surface area contributed by atoms with Crippen LogP contribution in [-0.2, 0) is 11.3 Å². The van der Waals surface area contributed by atoms with Crippen molar-refractivity contribution in [2.24, 2.45) is 0 Å². The van der Waals surface area contributed by atoms with Gasteiger partial charge in [-0.1, -0.05) is 15.9 Å². The number of nitrogens with zero attached hydrogens (tertiary/aromatic N) is 1. The van der Waals surface area contributed by atoms with Crippen LogP contribution in [0.4, 0.5) is 11.4 Å². The van der Waals surface area contributed by atoms with E-state index in [0.29, 0.717) is 6.54 Å². The predicted octanol–water partition coefficient (Wildman–Crippen LogP) is 4.69. The molecular weight excluding hydrogens is 408 g/mol. The van der Waals surface area contributed by atoms with Gasteiger partial charge >= 0.3 is 0 Å². The molecule has 0 amide bonds. The summed E-state index contributed by atoms with van der Waals surface area (Å²) in [6.07, 6.45) is 0.0756. The summed E-state index contributed by atoms with van der Waals surface area (Å²) in [6.45, 7) is 8.16. The van der Waals surface area contributed by atoms with Crippen molar-refractivity contribution in [1.29, 1.82) is 0 Å². The number of ether oxygens (including phenoxy) is 3. The fraction of sp³-hybridized carbons (Fsp3) is 0.429. The molecule has 1 fully saturated rings. The van der Waals surface area contributed by atoms with Crippen molar-refractivity contribution in [2.75, 3.05) is 43.6 Å². The van der Waals surface area contributed by atoms with Gasteiger partial charge < -0.3 is 24.4 Å². The van der Waals surface area contributed by atoms with Crippen LogP contribution in [0.25, 0.3) is 0 Å². The monoisotopic (exact) mass is 434 g/mol. The number of hydrogen-bond donors (Lipinski definition) is 1. The molecule has 146 valence electrons. The molecular formula is C21H27BrN2O3. The highest BCUT2D eigenvalue weighted by molar-refractivity contribution is 9.10. The van der Waals surface area contributed by atoms with E-state index in [1.807, 2.05) is 19.9 Å². The number of benzene rings is 2. The highest BCUT2D eigenvalue weighted by atomic mass is 79.9. The van der Waals surface area contributed by atoms with E-state index in [9.17, 15) is 0 Å². The van der Waals surface area contributed by atoms with Crippen LogP contribution in [0.2, 0.25) is 0 Å². The maximum absolute atomic E-state index is 6.00. The third-order valence-electron chi connectivity index (χ3n) is 4.40. The van der Waals surface area contributed by atoms with Gasteiger partial charge in [0.25, 0.3) is 0 Å². The molecule has 0 spiro atoms. The van der Waals surface area contributed by atoms with Gasteiger partial charge in [-0.3, -0.25) is 0 Å². The van der Waals surface area contributed by atoms with E-state index in [1.165, 1.54) is 5.69 Å². The summed E-state index contributed by atoms with van der Waals surface area (Å²) in [5.74, 6) is 1.52. The van der Waals surface area contributed by atoms with Crippen LogP contribution in [0.1, 0.15) is 19.4 Å². The van der Waals surface area contributed by atoms with Crippen LogP contribution in [0.3, 0.4) is 0 Å². The van der Waals surface area contributed by atoms with Gasteiger partial charge in [-0.2, -0.15) is 0 Å². The molecule has 1 heterocycles. The minimum absolute atomic E-state index is 0.0756. The lowest BCUT2D eigenvalue weighted by atomic mass is 10.1. The van der Waals surface area contributed by atoms with Gasteiger partial charge in [0.1, 0.15) is 0 Å². The highest BCUT2D eigenvalue weighted by Gasteiger charge is 2.15. The Morgan fingerprint density at radius 1 is 1.15 bits per heavy atom. The fourth-order valence-corrected chi connectivity index (χ4v) is 3.57. The maximum Gasteiger partial charge on any atom is 0.166 e. The zero-order valence-electron chi connectivity index (χ0n) is 16.1. The van der Waals surface area contributed by atoms with E-state index in [2.05, 4.69) is 56.5 Å². The normalized spacial score (nSPS) is 14.3. The number of morpholine rings is 1. The molecule has 0 atom stereocenters. The van der Waals surface area contributed by atoms with Crippen LogP contribution < -0.4 is 19.7 Å². The third kappa shape index (κ3) is 5.30. The first-order valence-electron chi connectivity index (χ1n) is 9.26. The quantitative estimate of drug-likeness (QED) is 0.684. The van der Waals surface area contributed by atoms with Gasteiger partial charge in [-0.05, 0) is 50.2 Å². The van der Waals surface area contributed by atoms with Crippen LogP contribution in [0, 0.1) is 0 Å². The average Bonchev–Trinajstić information content (AvgIpc) is 2.68. The summed E-state index contributed by atoms with van der Waals surface area (Å²) >= 11 is 3.55. The predicted molar refractivity (Wildman–Crippen MR) is 113 cm³/mol. The lowest BCUT2D eigenvalue weighted by Gasteiger charge is -2.29. The topological polar surface area (TPSA) is 43.0 Å². The molecule has 1 aliphatic rings. The van der Waals surface area contributed by atoms with Crippen molar-refractivity contribution < 1.29 is 14.2 Å². The van der Waals surface area contributed by atoms with Crippen molar-refractivity contribution in [3.05, 3.63) is 46.4 Å². The summed E-state index contributed by atoms with van der Waals surface area (Å²) in [4.78, 5) is 2.35. The molecule has 6 heteroatoms. The van der Waals surface area contributed by atoms with E-state index in [4.69, 9.17) is 14.2 Å². The van der Waals surface area contributed by atoms with Gasteiger partial charge in [-0.25, -0.2) is 0 Å². The lowest BCUT2D eigenvalue weighted by Crippen LogP contribution is -2.36. The lowest BCUT2D eigenvalue weighted by molar-refractivity contribution is 0.122. The maximum atomic E-state index is 6.00. The van der Waals surface area contributed by atoms with Crippen LogP contribution in [0.5, 0.6) is 11.5 Å². The van der Waals surface area contributed by atoms with Gasteiger partial charge in [-0.15, -0.1) is 0 Å². The summed E-state index contributed by atoms with van der Waals surface area (Å²) in [5.41, 5.74) is 3.35. The molecule has 0 saturated carbocycles. The minimum Gasteiger partial charge on any atom is -0.493 e. The molecule has 5 nitrogen and oxygen atoms in total. The zero-order chi connectivity index (χ0) is 19.2. The van der Waals surface area contributed by atoms with Crippen molar-refractivity contribution in [2.45, 2.75) is 26.5 Å². The Hall–Kier alpha value is -1.92. The Morgan fingerprint density at radius 2 is 1.85 bits per heavy atom. The number of halogens is 1. The first kappa shape index (κ1) is 19.8. The van der Waals surface area contributed by atoms with Crippen LogP contribution >= 0.6 is 15.9 Å². The number of rotatable bonds is 7. The molecule has 1 saturated heterocycles. The standard InChI is InChI=1S/C21H27BrN2O3/c1-15(2)27-21-16(12-17(22)13-20(21)25-3)14-23-18-4-6-19(7-5-18)24-8-10-26-11-9-24/h4-7,12-13,15,23H,8-11,14H2,1-3H3. The van der Waals surface area contributed by atoms with Gasteiger partial charge in [0.2, 0.25) is 0 Å². The van der Waals surface area contributed by atoms with Crippen LogP contribution in [0.15, 0.2) is 40.9 Å². The first-order chi connectivity index (χ1) is 13.1. The molecule has 0 bridgehead atoms. The summed E-state index contributed by atoms with van der Waals surface area (Å²) in [5, 5.41) is 3.48. The second-order valence-electron chi connectivity index (χ2n) is 6.76. The van der Waals surface area contributed by atoms with E-state index in [0.717, 1.165) is 53.5 Å². The molecule has 0 radical (unpaired) electrons. The Labute approximate surface area is 169 Å². The molecule has 0 unspecified atom stereocenters. The first-order valence-corrected chi connectivity index (χ1v) is 10.1. The summed E-state index contributed by atoms with van der Waals surface area (Å²) in [6, 6.07) is 12.5. The Balaban J connectivity index is 1.71. The molecule has 2 aromatic rings. The van der Waals surface area contributed by atoms with Gasteiger partial charge in [0.15, 0.2) is 11.5 Å². The number of anilines is 2. The zero-order valence-corrected chi connectivity index (χ0v) is 17.7. The Kier molecular flexibility index (Phi) is 6.85. The SMILES string of the molecule is COc1cc(Br)cc(CNc2ccc(N3CCOCC3)cc2)c1OC(C)C. The second-order valence-corrected chi connectivity index (χ2v) is 7.68. The molecule has 0 aromatic heterocycles. The van der Waals surface area contributed by atoms with E-state index < -0.39 is 0 Å². The second kappa shape index (κ2) is 9.33. The number of nitrogens with one attached hydrogen (secondary N) is 1. The van der Waals surface area contributed by atoms with E-state index >= 15 is 0 Å². The number of hydrogen-bond acceptors (Lipinski definition) is 5. The minimum atomic E-state index is 0.0756. The summed E-state index contributed by atoms with van der Waals surface area (Å²) in [7, 11) is 1.66. The molecule has 1 aliphatic heterocycles. The largest absolute Gasteiger partial charge is 0.493 e. The third-order valence-corrected chi connectivity index (χ3v) is 4.85. The van der Waals surface area contributed by atoms with E-state index in [-0.39, 0.29) is 6.10 Å². The smallest absolute Gasteiger partial charge is 0.166 e. The molecule has 3 rings (SSSR count). The van der Waals surface area contributed by atoms with E-state index in [1.54, 1.807) is 7.11 Å². The Morgan fingerprint density at radius 3 is 2.48 bits per heavy atom. The average molecular weight is 435 g/mol. The van der Waals surface area contributed by atoms with Crippen LogP contribution in [-0.4, -0.2) is 39.5 Å². The molecule has 0 aliphatic carbocycles. The van der Waals surface area contributed by atoms with Crippen molar-refractivity contribution in [3.8, 4) is 11.5 Å². The molecule has 27 heavy (non-hydrogen) atoms. The highest BCUT2D eigenvalue weighted by Crippen LogP contribution is 2.36. The fourth-order valence-electron chi connectivity index (χ4n) is 3.08. The molecule has 1 N–H and O–H groups in total. The van der Waals surface area contributed by atoms with Crippen molar-refractivity contribution in [3.63, 3.8) is 0 Å². The van der Waals surface area contributed by atoms with Gasteiger partial charge in [0.05, 0.1) is 26.4 Å². The van der Waals surface area contributed by atoms with Gasteiger partial charge in [0, 0.05) is 41.0 Å². The Bertz CT molecular complexity index is 744. The summed E-state index contributed by atoms with van der Waals surface area (Å²) < 4.78 is 17.9.